The fourth-order valence-electron chi connectivity index (χ4n) is 4.42. The lowest BCUT2D eigenvalue weighted by Crippen LogP contribution is -2.46. The van der Waals surface area contributed by atoms with Crippen LogP contribution < -0.4 is 0 Å². The fraction of sp³-hybridized carbons (Fsp3) is 0.774. The largest absolute Gasteiger partial charge is 0.464 e. The van der Waals surface area contributed by atoms with Crippen LogP contribution in [0.25, 0.3) is 0 Å². The molecule has 0 aliphatic heterocycles. The second-order valence-electron chi connectivity index (χ2n) is 13.5. The number of hydrogen-bond acceptors (Lipinski definition) is 9. The van der Waals surface area contributed by atoms with E-state index in [0.717, 1.165) is 23.0 Å². The van der Waals surface area contributed by atoms with Crippen LogP contribution in [0.15, 0.2) is 29.4 Å². The van der Waals surface area contributed by atoms with E-state index < -0.39 is 10.8 Å². The summed E-state index contributed by atoms with van der Waals surface area (Å²) >= 11 is 0. The Morgan fingerprint density at radius 3 is 1.95 bits per heavy atom. The molecule has 0 aromatic carbocycles. The molecule has 0 fully saturated rings. The summed E-state index contributed by atoms with van der Waals surface area (Å²) in [5, 5.41) is 0.940. The molecule has 2 atom stereocenters. The van der Waals surface area contributed by atoms with Gasteiger partial charge in [0.05, 0.1) is 10.8 Å². The zero-order valence-electron chi connectivity index (χ0n) is 26.6. The van der Waals surface area contributed by atoms with E-state index in [4.69, 9.17) is 9.47 Å². The Kier molecular flexibility index (Phi) is 15.9. The number of carbonyl (C=O) groups is 2. The van der Waals surface area contributed by atoms with Crippen molar-refractivity contribution >= 4 is 55.1 Å². The van der Waals surface area contributed by atoms with Crippen molar-refractivity contribution in [2.45, 2.75) is 94.0 Å². The molecule has 0 saturated carbocycles. The van der Waals surface area contributed by atoms with Gasteiger partial charge in [-0.25, -0.2) is 4.98 Å². The minimum absolute atomic E-state index is 0.0244. The van der Waals surface area contributed by atoms with E-state index in [2.05, 4.69) is 60.4 Å². The number of hydrogen-bond donors (Lipinski definition) is 0. The van der Waals surface area contributed by atoms with Crippen molar-refractivity contribution in [3.8, 4) is 0 Å². The summed E-state index contributed by atoms with van der Waals surface area (Å²) in [6.07, 6.45) is 3.56. The van der Waals surface area contributed by atoms with Crippen molar-refractivity contribution in [2.24, 2.45) is 33.5 Å². The smallest absolute Gasteiger partial charge is 0.312 e. The third kappa shape index (κ3) is 12.8. The molecule has 230 valence electrons. The van der Waals surface area contributed by atoms with Crippen molar-refractivity contribution in [1.82, 2.24) is 4.98 Å². The molecule has 5 nitrogen and oxygen atoms in total. The zero-order valence-corrected chi connectivity index (χ0v) is 29.9. The molecule has 0 radical (unpaired) electrons. The van der Waals surface area contributed by atoms with Crippen molar-refractivity contribution in [3.05, 3.63) is 24.4 Å². The van der Waals surface area contributed by atoms with Gasteiger partial charge in [-0.3, -0.25) is 9.59 Å². The Bertz CT molecular complexity index is 902. The van der Waals surface area contributed by atoms with Crippen molar-refractivity contribution in [2.75, 3.05) is 30.5 Å². The second kappa shape index (κ2) is 17.0. The maximum atomic E-state index is 13.4. The van der Waals surface area contributed by atoms with Crippen LogP contribution in [0, 0.1) is 33.5 Å². The van der Waals surface area contributed by atoms with Crippen LogP contribution in [0.5, 0.6) is 0 Å². The van der Waals surface area contributed by atoms with Crippen LogP contribution >= 0.6 is 43.2 Å². The summed E-state index contributed by atoms with van der Waals surface area (Å²) in [6, 6.07) is 5.81. The third-order valence-electron chi connectivity index (χ3n) is 7.94. The van der Waals surface area contributed by atoms with Crippen LogP contribution in [-0.2, 0) is 19.1 Å². The van der Waals surface area contributed by atoms with Gasteiger partial charge in [-0.05, 0) is 79.2 Å². The minimum Gasteiger partial charge on any atom is -0.464 e. The van der Waals surface area contributed by atoms with Gasteiger partial charge >= 0.3 is 11.9 Å². The van der Waals surface area contributed by atoms with Gasteiger partial charge in [0, 0.05) is 23.5 Å². The molecular weight excluding hydrogens is 579 g/mol. The minimum atomic E-state index is -0.703. The molecule has 0 amide bonds. The van der Waals surface area contributed by atoms with E-state index in [-0.39, 0.29) is 29.2 Å². The van der Waals surface area contributed by atoms with Gasteiger partial charge in [-0.2, -0.15) is 0 Å². The summed E-state index contributed by atoms with van der Waals surface area (Å²) < 4.78 is 11.5. The number of aromatic nitrogens is 1. The highest BCUT2D eigenvalue weighted by molar-refractivity contribution is 8.77. The monoisotopic (exact) mass is 631 g/mol. The standard InChI is InChI=1S/C31H53NO4S4/c1-23(2)31(11,27(34)36-17-20-38-37-19-15-28(4,5)6)22-29(7,8)24(3)30(9,10)26(33)35-18-21-39-40-25-14-12-13-16-32-25/h12-14,16,23-24H,15,17-22H2,1-11H3. The van der Waals surface area contributed by atoms with Crippen LogP contribution in [0.1, 0.15) is 89.0 Å². The quantitative estimate of drug-likeness (QED) is 0.0895. The number of pyridine rings is 1. The van der Waals surface area contributed by atoms with E-state index in [9.17, 15) is 9.59 Å². The predicted molar refractivity (Wildman–Crippen MR) is 178 cm³/mol. The molecular formula is C31H53NO4S4. The van der Waals surface area contributed by atoms with Crippen molar-refractivity contribution in [3.63, 3.8) is 0 Å². The first-order chi connectivity index (χ1) is 18.4. The average molecular weight is 632 g/mol. The summed E-state index contributed by atoms with van der Waals surface area (Å²) in [5.74, 6) is 2.29. The lowest BCUT2D eigenvalue weighted by Gasteiger charge is -2.46. The molecule has 1 rings (SSSR count). The Morgan fingerprint density at radius 2 is 1.40 bits per heavy atom. The van der Waals surface area contributed by atoms with Crippen LogP contribution in [-0.4, -0.2) is 47.4 Å². The highest BCUT2D eigenvalue weighted by Crippen LogP contribution is 2.49. The molecule has 1 aromatic rings. The Morgan fingerprint density at radius 1 is 0.825 bits per heavy atom. The highest BCUT2D eigenvalue weighted by Gasteiger charge is 2.49. The van der Waals surface area contributed by atoms with E-state index in [1.807, 2.05) is 49.8 Å². The predicted octanol–water partition coefficient (Wildman–Crippen LogP) is 9.47. The first-order valence-electron chi connectivity index (χ1n) is 14.2. The number of carbonyl (C=O) groups excluding carboxylic acids is 2. The van der Waals surface area contributed by atoms with E-state index in [1.165, 1.54) is 0 Å². The first kappa shape index (κ1) is 37.5. The van der Waals surface area contributed by atoms with E-state index in [1.54, 1.807) is 38.6 Å². The summed E-state index contributed by atoms with van der Waals surface area (Å²) in [4.78, 5) is 30.8. The van der Waals surface area contributed by atoms with Crippen LogP contribution in [0.4, 0.5) is 0 Å². The average Bonchev–Trinajstić information content (AvgIpc) is 2.86. The number of nitrogens with zero attached hydrogens (tertiary/aromatic N) is 1. The zero-order chi connectivity index (χ0) is 30.6. The number of esters is 2. The second-order valence-corrected chi connectivity index (χ2v) is 18.6. The van der Waals surface area contributed by atoms with Gasteiger partial charge in [-0.1, -0.05) is 93.8 Å². The molecule has 0 bridgehead atoms. The number of ether oxygens (including phenoxy) is 2. The molecule has 1 aromatic heterocycles. The van der Waals surface area contributed by atoms with Gasteiger partial charge in [0.2, 0.25) is 0 Å². The Hall–Kier alpha value is -0.510. The van der Waals surface area contributed by atoms with Crippen molar-refractivity contribution < 1.29 is 19.1 Å². The number of rotatable bonds is 18. The lowest BCUT2D eigenvalue weighted by atomic mass is 9.58. The Balaban J connectivity index is 2.63. The van der Waals surface area contributed by atoms with E-state index in [0.29, 0.717) is 30.8 Å². The molecule has 0 spiro atoms. The SMILES string of the molecule is CC(C(C)(C)CC(C)(C(=O)OCCSSCCC(C)(C)C)C(C)C)C(C)(C)C(=O)OCCSSc1ccccn1. The lowest BCUT2D eigenvalue weighted by molar-refractivity contribution is -0.164. The normalized spacial score (nSPS) is 15.0. The van der Waals surface area contributed by atoms with Gasteiger partial charge in [0.1, 0.15) is 18.2 Å². The third-order valence-corrected chi connectivity index (χ3v) is 12.5. The molecule has 0 saturated heterocycles. The van der Waals surface area contributed by atoms with Gasteiger partial charge < -0.3 is 9.47 Å². The highest BCUT2D eigenvalue weighted by atomic mass is 33.1. The molecule has 0 N–H and O–H groups in total. The molecule has 0 aliphatic rings. The van der Waals surface area contributed by atoms with Crippen molar-refractivity contribution in [1.29, 1.82) is 0 Å². The first-order valence-corrected chi connectivity index (χ1v) is 19.0. The molecule has 1 heterocycles. The van der Waals surface area contributed by atoms with Crippen LogP contribution in [0.3, 0.4) is 0 Å². The topological polar surface area (TPSA) is 65.5 Å². The maximum absolute atomic E-state index is 13.4. The van der Waals surface area contributed by atoms with Crippen LogP contribution in [0.2, 0.25) is 0 Å². The van der Waals surface area contributed by atoms with Gasteiger partial charge in [0.15, 0.2) is 0 Å². The maximum Gasteiger partial charge on any atom is 0.312 e. The molecule has 40 heavy (non-hydrogen) atoms. The fourth-order valence-corrected chi connectivity index (χ4v) is 8.37. The van der Waals surface area contributed by atoms with E-state index >= 15 is 0 Å². The summed E-state index contributed by atoms with van der Waals surface area (Å²) in [6.45, 7) is 24.0. The van der Waals surface area contributed by atoms with Gasteiger partial charge in [-0.15, -0.1) is 0 Å². The molecule has 9 heteroatoms. The summed E-state index contributed by atoms with van der Waals surface area (Å²) in [7, 11) is 6.82. The molecule has 0 aliphatic carbocycles. The molecule has 2 unspecified atom stereocenters. The summed E-state index contributed by atoms with van der Waals surface area (Å²) in [5.41, 5.74) is -1.32. The Labute approximate surface area is 260 Å². The van der Waals surface area contributed by atoms with Gasteiger partial charge in [0.25, 0.3) is 0 Å².